The Morgan fingerprint density at radius 2 is 1.88 bits per heavy atom. The van der Waals surface area contributed by atoms with E-state index < -0.39 is 0 Å². The summed E-state index contributed by atoms with van der Waals surface area (Å²) in [4.78, 5) is 24.3. The Morgan fingerprint density at radius 3 is 2.50 bits per heavy atom. The molecule has 0 radical (unpaired) electrons. The number of nitrogens with zero attached hydrogens (tertiary/aromatic N) is 2. The van der Waals surface area contributed by atoms with E-state index in [2.05, 4.69) is 5.32 Å². The summed E-state index contributed by atoms with van der Waals surface area (Å²) in [6.07, 6.45) is 1.21. The molecule has 0 saturated carbocycles. The normalized spacial score (nSPS) is 15.9. The van der Waals surface area contributed by atoms with Crippen LogP contribution in [0.25, 0.3) is 0 Å². The van der Waals surface area contributed by atoms with Gasteiger partial charge in [-0.05, 0) is 49.2 Å². The fourth-order valence-electron chi connectivity index (χ4n) is 3.31. The van der Waals surface area contributed by atoms with E-state index in [1.54, 1.807) is 7.11 Å². The van der Waals surface area contributed by atoms with Crippen LogP contribution in [-0.2, 0) is 11.3 Å². The Labute approximate surface area is 193 Å². The first-order chi connectivity index (χ1) is 15.5. The van der Waals surface area contributed by atoms with E-state index in [0.717, 1.165) is 28.9 Å². The standard InChI is InChI=1S/C24H29N3O4S/c1-5-21-23(17-10-13-19(30-4)20(14-17)31-7-3)26-27(24(29)32-21)15-16-8-11-18(12-9-16)25-22(28)6-2/h8-14,21H,5-7,15H2,1-4H3,(H,25,28). The highest BCUT2D eigenvalue weighted by Gasteiger charge is 2.30. The minimum atomic E-state index is -0.0810. The largest absolute Gasteiger partial charge is 0.493 e. The molecule has 2 aromatic carbocycles. The van der Waals surface area contributed by atoms with Crippen molar-refractivity contribution < 1.29 is 19.1 Å². The third kappa shape index (κ3) is 5.62. The maximum Gasteiger partial charge on any atom is 0.302 e. The second-order valence-corrected chi connectivity index (χ2v) is 8.37. The zero-order valence-electron chi connectivity index (χ0n) is 18.9. The van der Waals surface area contributed by atoms with Crippen molar-refractivity contribution in [2.45, 2.75) is 45.4 Å². The molecule has 1 unspecified atom stereocenters. The van der Waals surface area contributed by atoms with E-state index >= 15 is 0 Å². The molecule has 1 atom stereocenters. The number of methoxy groups -OCH3 is 1. The van der Waals surface area contributed by atoms with Crippen LogP contribution in [0.4, 0.5) is 10.5 Å². The van der Waals surface area contributed by atoms with Gasteiger partial charge in [0.05, 0.1) is 31.2 Å². The molecule has 1 aliphatic rings. The molecule has 0 spiro atoms. The predicted octanol–water partition coefficient (Wildman–Crippen LogP) is 5.29. The number of amides is 2. The van der Waals surface area contributed by atoms with Crippen molar-refractivity contribution in [3.63, 3.8) is 0 Å². The number of carbonyl (C=O) groups excluding carboxylic acids is 2. The van der Waals surface area contributed by atoms with Gasteiger partial charge in [0.25, 0.3) is 0 Å². The van der Waals surface area contributed by atoms with Gasteiger partial charge in [-0.25, -0.2) is 5.01 Å². The van der Waals surface area contributed by atoms with Gasteiger partial charge < -0.3 is 14.8 Å². The van der Waals surface area contributed by atoms with Crippen molar-refractivity contribution in [2.75, 3.05) is 19.0 Å². The number of hydrogen-bond donors (Lipinski definition) is 1. The Hall–Kier alpha value is -3.00. The van der Waals surface area contributed by atoms with Gasteiger partial charge in [0, 0.05) is 17.7 Å². The first kappa shape index (κ1) is 23.7. The lowest BCUT2D eigenvalue weighted by atomic mass is 10.0. The lowest BCUT2D eigenvalue weighted by molar-refractivity contribution is -0.115. The number of benzene rings is 2. The van der Waals surface area contributed by atoms with Gasteiger partial charge >= 0.3 is 5.24 Å². The average Bonchev–Trinajstić information content (AvgIpc) is 2.81. The summed E-state index contributed by atoms with van der Waals surface area (Å²) in [7, 11) is 1.61. The second kappa shape index (κ2) is 11.0. The van der Waals surface area contributed by atoms with Gasteiger partial charge in [0.15, 0.2) is 11.5 Å². The van der Waals surface area contributed by atoms with E-state index in [4.69, 9.17) is 14.6 Å². The molecule has 1 aliphatic heterocycles. The third-order valence-corrected chi connectivity index (χ3v) is 6.26. The van der Waals surface area contributed by atoms with Crippen LogP contribution in [0.15, 0.2) is 47.6 Å². The number of nitrogens with one attached hydrogen (secondary N) is 1. The first-order valence-corrected chi connectivity index (χ1v) is 11.6. The van der Waals surface area contributed by atoms with E-state index in [1.165, 1.54) is 16.8 Å². The molecule has 2 aromatic rings. The highest BCUT2D eigenvalue weighted by molar-refractivity contribution is 8.14. The molecule has 0 aliphatic carbocycles. The van der Waals surface area contributed by atoms with Crippen molar-refractivity contribution in [2.24, 2.45) is 5.10 Å². The van der Waals surface area contributed by atoms with Crippen LogP contribution in [-0.4, -0.2) is 40.8 Å². The molecule has 7 nitrogen and oxygen atoms in total. The molecule has 0 bridgehead atoms. The summed E-state index contributed by atoms with van der Waals surface area (Å²) in [6, 6.07) is 13.2. The Morgan fingerprint density at radius 1 is 1.12 bits per heavy atom. The summed E-state index contributed by atoms with van der Waals surface area (Å²) < 4.78 is 11.1. The lowest BCUT2D eigenvalue weighted by Crippen LogP contribution is -2.34. The van der Waals surface area contributed by atoms with Crippen molar-refractivity contribution in [3.8, 4) is 11.5 Å². The molecule has 170 valence electrons. The molecule has 3 rings (SSSR count). The zero-order chi connectivity index (χ0) is 23.1. The van der Waals surface area contributed by atoms with Crippen LogP contribution in [0.3, 0.4) is 0 Å². The maximum atomic E-state index is 12.7. The molecule has 0 fully saturated rings. The van der Waals surface area contributed by atoms with Crippen molar-refractivity contribution in [1.29, 1.82) is 0 Å². The molecule has 32 heavy (non-hydrogen) atoms. The van der Waals surface area contributed by atoms with Gasteiger partial charge in [0.1, 0.15) is 0 Å². The van der Waals surface area contributed by atoms with E-state index in [0.29, 0.717) is 31.1 Å². The predicted molar refractivity (Wildman–Crippen MR) is 129 cm³/mol. The smallest absolute Gasteiger partial charge is 0.302 e. The van der Waals surface area contributed by atoms with E-state index in [1.807, 2.05) is 63.2 Å². The highest BCUT2D eigenvalue weighted by Crippen LogP contribution is 2.34. The van der Waals surface area contributed by atoms with Gasteiger partial charge in [-0.15, -0.1) is 0 Å². The third-order valence-electron chi connectivity index (χ3n) is 5.01. The number of thioether (sulfide) groups is 1. The maximum absolute atomic E-state index is 12.7. The average molecular weight is 456 g/mol. The Bertz CT molecular complexity index is 991. The van der Waals surface area contributed by atoms with E-state index in [-0.39, 0.29) is 16.4 Å². The van der Waals surface area contributed by atoms with Gasteiger partial charge in [-0.1, -0.05) is 37.7 Å². The SMILES string of the molecule is CCOc1cc(C2=NN(Cc3ccc(NC(=O)CC)cc3)C(=O)SC2CC)ccc1OC. The summed E-state index contributed by atoms with van der Waals surface area (Å²) in [5.41, 5.74) is 3.41. The molecular formula is C24H29N3O4S. The number of carbonyl (C=O) groups is 2. The Kier molecular flexibility index (Phi) is 8.16. The van der Waals surface area contributed by atoms with Crippen molar-refractivity contribution >= 4 is 34.3 Å². The fraction of sp³-hybridized carbons (Fsp3) is 0.375. The summed E-state index contributed by atoms with van der Waals surface area (Å²) in [5, 5.41) is 8.94. The van der Waals surface area contributed by atoms with Gasteiger partial charge in [0.2, 0.25) is 5.91 Å². The first-order valence-electron chi connectivity index (χ1n) is 10.8. The van der Waals surface area contributed by atoms with E-state index in [9.17, 15) is 9.59 Å². The minimum Gasteiger partial charge on any atom is -0.493 e. The number of rotatable bonds is 9. The summed E-state index contributed by atoms with van der Waals surface area (Å²) >= 11 is 1.29. The Balaban J connectivity index is 1.86. The van der Waals surface area contributed by atoms with Crippen molar-refractivity contribution in [3.05, 3.63) is 53.6 Å². The molecule has 1 heterocycles. The zero-order valence-corrected chi connectivity index (χ0v) is 19.7. The number of hydrazone groups is 1. The second-order valence-electron chi connectivity index (χ2n) is 7.22. The molecule has 2 amide bonds. The summed E-state index contributed by atoms with van der Waals surface area (Å²) in [5.74, 6) is 1.28. The van der Waals surface area contributed by atoms with Gasteiger partial charge in [-0.3, -0.25) is 9.59 Å². The van der Waals surface area contributed by atoms with Crippen LogP contribution in [0.5, 0.6) is 11.5 Å². The minimum absolute atomic E-state index is 0.0340. The van der Waals surface area contributed by atoms with Crippen LogP contribution < -0.4 is 14.8 Å². The van der Waals surface area contributed by atoms with Gasteiger partial charge in [-0.2, -0.15) is 5.10 Å². The quantitative estimate of drug-likeness (QED) is 0.555. The van der Waals surface area contributed by atoms with Crippen LogP contribution >= 0.6 is 11.8 Å². The van der Waals surface area contributed by atoms with Crippen LogP contribution in [0, 0.1) is 0 Å². The monoisotopic (exact) mass is 455 g/mol. The number of anilines is 1. The fourth-order valence-corrected chi connectivity index (χ4v) is 4.25. The molecule has 8 heteroatoms. The topological polar surface area (TPSA) is 80.2 Å². The lowest BCUT2D eigenvalue weighted by Gasteiger charge is -2.28. The molecule has 1 N–H and O–H groups in total. The molecular weight excluding hydrogens is 426 g/mol. The highest BCUT2D eigenvalue weighted by atomic mass is 32.2. The molecule has 0 saturated heterocycles. The van der Waals surface area contributed by atoms with Crippen LogP contribution in [0.2, 0.25) is 0 Å². The summed E-state index contributed by atoms with van der Waals surface area (Å²) in [6.45, 7) is 6.66. The van der Waals surface area contributed by atoms with Crippen molar-refractivity contribution in [1.82, 2.24) is 5.01 Å². The van der Waals surface area contributed by atoms with Crippen LogP contribution in [0.1, 0.15) is 44.7 Å². The number of hydrogen-bond acceptors (Lipinski definition) is 6. The number of ether oxygens (including phenoxy) is 2. The molecule has 0 aromatic heterocycles.